The molecule has 3 fully saturated rings. The predicted molar refractivity (Wildman–Crippen MR) is 175 cm³/mol. The summed E-state index contributed by atoms with van der Waals surface area (Å²) >= 11 is 0. The van der Waals surface area contributed by atoms with E-state index in [-0.39, 0.29) is 34.8 Å². The van der Waals surface area contributed by atoms with E-state index < -0.39 is 122 Å². The van der Waals surface area contributed by atoms with E-state index in [0.717, 1.165) is 20.3 Å². The number of esters is 3. The molecule has 55 heavy (non-hydrogen) atoms. The number of methoxy groups -OCH3 is 3. The van der Waals surface area contributed by atoms with Crippen molar-refractivity contribution in [2.24, 2.45) is 11.8 Å². The average molecular weight is 791 g/mol. The first kappa shape index (κ1) is 42.3. The highest BCUT2D eigenvalue weighted by atomic mass is 16.8. The predicted octanol–water partition coefficient (Wildman–Crippen LogP) is -3.40. The molecule has 0 bridgehead atoms. The van der Waals surface area contributed by atoms with Crippen LogP contribution in [0.2, 0.25) is 0 Å². The van der Waals surface area contributed by atoms with Crippen LogP contribution in [0.3, 0.4) is 0 Å². The van der Waals surface area contributed by atoms with Gasteiger partial charge in [-0.05, 0) is 19.1 Å². The fraction of sp³-hybridized carbons (Fsp3) is 0.676. The van der Waals surface area contributed by atoms with Crippen molar-refractivity contribution in [1.29, 1.82) is 0 Å². The number of carbonyl (C=O) groups is 3. The second-order valence-electron chi connectivity index (χ2n) is 13.5. The zero-order valence-corrected chi connectivity index (χ0v) is 30.3. The maximum Gasteiger partial charge on any atom is 0.338 e. The largest absolute Gasteiger partial charge is 0.493 e. The van der Waals surface area contributed by atoms with Gasteiger partial charge >= 0.3 is 17.9 Å². The monoisotopic (exact) mass is 790 g/mol. The van der Waals surface area contributed by atoms with Crippen molar-refractivity contribution in [2.45, 2.75) is 99.7 Å². The molecule has 21 nitrogen and oxygen atoms in total. The molecule has 0 spiro atoms. The summed E-state index contributed by atoms with van der Waals surface area (Å²) in [5.41, 5.74) is -1.93. The first-order valence-corrected chi connectivity index (χ1v) is 17.1. The number of hydrogen-bond donors (Lipinski definition) is 8. The maximum atomic E-state index is 13.9. The number of ether oxygens (including phenoxy) is 10. The normalized spacial score (nSPS) is 38.5. The Labute approximate surface area is 313 Å². The lowest BCUT2D eigenvalue weighted by molar-refractivity contribution is -0.346. The van der Waals surface area contributed by atoms with Crippen molar-refractivity contribution in [2.75, 3.05) is 34.5 Å². The molecule has 1 aliphatic carbocycles. The van der Waals surface area contributed by atoms with Gasteiger partial charge in [-0.1, -0.05) is 0 Å². The summed E-state index contributed by atoms with van der Waals surface area (Å²) in [6, 6.07) is 2.38. The van der Waals surface area contributed by atoms with Crippen LogP contribution in [0.1, 0.15) is 30.6 Å². The van der Waals surface area contributed by atoms with Crippen molar-refractivity contribution >= 4 is 17.9 Å². The molecular weight excluding hydrogens is 744 g/mol. The molecule has 0 radical (unpaired) electrons. The number of fused-ring (bicyclic) bond motifs is 1. The molecule has 4 aliphatic rings. The van der Waals surface area contributed by atoms with E-state index in [2.05, 4.69) is 0 Å². The summed E-state index contributed by atoms with van der Waals surface area (Å²) in [5, 5.41) is 81.4. The molecule has 3 aliphatic heterocycles. The lowest BCUT2D eigenvalue weighted by atomic mass is 9.80. The van der Waals surface area contributed by atoms with E-state index in [9.17, 15) is 55.2 Å². The molecule has 15 unspecified atom stereocenters. The molecule has 0 aromatic heterocycles. The van der Waals surface area contributed by atoms with Gasteiger partial charge in [-0.25, -0.2) is 9.59 Å². The van der Waals surface area contributed by atoms with E-state index in [1.807, 2.05) is 0 Å². The van der Waals surface area contributed by atoms with Crippen molar-refractivity contribution in [3.8, 4) is 17.2 Å². The zero-order valence-electron chi connectivity index (χ0n) is 30.3. The van der Waals surface area contributed by atoms with Crippen LogP contribution in [0.25, 0.3) is 0 Å². The topological polar surface area (TPSA) is 305 Å². The smallest absolute Gasteiger partial charge is 0.338 e. The Bertz CT molecular complexity index is 1560. The Morgan fingerprint density at radius 1 is 0.782 bits per heavy atom. The summed E-state index contributed by atoms with van der Waals surface area (Å²) in [6.07, 6.45) is -18.6. The summed E-state index contributed by atoms with van der Waals surface area (Å²) in [7, 11) is 3.55. The number of aliphatic hydroxyl groups is 8. The Kier molecular flexibility index (Phi) is 13.1. The number of hydrogen-bond acceptors (Lipinski definition) is 21. The number of benzene rings is 1. The molecular formula is C34H46O21. The SMILES string of the molecule is COC(=O)C1=COC(OC2OC(CO)C(O)C(O)C2O)C2C1C(OC(=O)c1cc(OC)c(OC3OC(CO)C(O)C(O)C3O)c(OC)c1)CC2(C)OC(C)=O. The van der Waals surface area contributed by atoms with Crippen molar-refractivity contribution < 1.29 is 103 Å². The molecule has 1 aromatic carbocycles. The molecule has 1 saturated carbocycles. The minimum atomic E-state index is -1.85. The van der Waals surface area contributed by atoms with Gasteiger partial charge in [-0.2, -0.15) is 0 Å². The minimum Gasteiger partial charge on any atom is -0.493 e. The zero-order chi connectivity index (χ0) is 40.5. The molecule has 15 atom stereocenters. The van der Waals surface area contributed by atoms with Crippen LogP contribution in [0.15, 0.2) is 24.0 Å². The second-order valence-corrected chi connectivity index (χ2v) is 13.5. The van der Waals surface area contributed by atoms with Gasteiger partial charge in [0.1, 0.15) is 60.5 Å². The Morgan fingerprint density at radius 3 is 1.84 bits per heavy atom. The number of rotatable bonds is 12. The molecule has 3 heterocycles. The summed E-state index contributed by atoms with van der Waals surface area (Å²) in [6.45, 7) is 1.13. The van der Waals surface area contributed by atoms with Gasteiger partial charge in [0.15, 0.2) is 17.8 Å². The van der Waals surface area contributed by atoms with E-state index in [4.69, 9.17) is 47.4 Å². The van der Waals surface area contributed by atoms with Crippen LogP contribution in [-0.4, -0.2) is 173 Å². The van der Waals surface area contributed by atoms with E-state index >= 15 is 0 Å². The standard InChI is InChI=1S/C34H46O21/c1-12(37)55-34(2)8-17(20-14(30(45)48-5)11-49-31(21(20)34)54-33-27(43)25(41)23(39)19(10-36)52-33)50-29(44)13-6-15(46-3)28(16(7-13)47-4)53-32-26(42)24(40)22(38)18(9-35)51-32/h6-7,11,17-27,31-33,35-36,38-43H,8-10H2,1-5H3. The molecule has 21 heteroatoms. The van der Waals surface area contributed by atoms with Gasteiger partial charge in [-0.3, -0.25) is 4.79 Å². The van der Waals surface area contributed by atoms with Gasteiger partial charge in [0.25, 0.3) is 0 Å². The maximum absolute atomic E-state index is 13.9. The lowest BCUT2D eigenvalue weighted by Gasteiger charge is -2.44. The van der Waals surface area contributed by atoms with Crippen molar-refractivity contribution in [1.82, 2.24) is 0 Å². The van der Waals surface area contributed by atoms with Gasteiger partial charge in [0.2, 0.25) is 18.3 Å². The van der Waals surface area contributed by atoms with Crippen molar-refractivity contribution in [3.05, 3.63) is 29.5 Å². The lowest BCUT2D eigenvalue weighted by Crippen LogP contribution is -2.61. The first-order valence-electron chi connectivity index (χ1n) is 17.1. The molecule has 8 N–H and O–H groups in total. The van der Waals surface area contributed by atoms with Gasteiger partial charge < -0.3 is 88.2 Å². The number of aliphatic hydroxyl groups excluding tert-OH is 8. The van der Waals surface area contributed by atoms with E-state index in [1.165, 1.54) is 33.3 Å². The van der Waals surface area contributed by atoms with E-state index in [1.54, 1.807) is 0 Å². The minimum absolute atomic E-state index is 0.145. The average Bonchev–Trinajstić information content (AvgIpc) is 3.45. The van der Waals surface area contributed by atoms with Gasteiger partial charge in [-0.15, -0.1) is 0 Å². The van der Waals surface area contributed by atoms with Crippen molar-refractivity contribution in [3.63, 3.8) is 0 Å². The van der Waals surface area contributed by atoms with Gasteiger partial charge in [0.05, 0.1) is 57.9 Å². The van der Waals surface area contributed by atoms with Crippen LogP contribution in [0.4, 0.5) is 0 Å². The molecule has 1 aromatic rings. The summed E-state index contributed by atoms with van der Waals surface area (Å²) < 4.78 is 55.9. The second kappa shape index (κ2) is 17.1. The first-order chi connectivity index (χ1) is 26.0. The highest BCUT2D eigenvalue weighted by Gasteiger charge is 2.63. The third kappa shape index (κ3) is 8.18. The highest BCUT2D eigenvalue weighted by Crippen LogP contribution is 2.53. The molecule has 5 rings (SSSR count). The third-order valence-corrected chi connectivity index (χ3v) is 10.0. The van der Waals surface area contributed by atoms with E-state index in [0.29, 0.717) is 0 Å². The van der Waals surface area contributed by atoms with Crippen LogP contribution >= 0.6 is 0 Å². The fourth-order valence-electron chi connectivity index (χ4n) is 7.31. The third-order valence-electron chi connectivity index (χ3n) is 10.0. The quantitative estimate of drug-likeness (QED) is 0.0756. The highest BCUT2D eigenvalue weighted by molar-refractivity contribution is 5.92. The Balaban J connectivity index is 1.46. The molecule has 2 saturated heterocycles. The fourth-order valence-corrected chi connectivity index (χ4v) is 7.31. The van der Waals surface area contributed by atoms with Crippen LogP contribution < -0.4 is 14.2 Å². The van der Waals surface area contributed by atoms with Crippen LogP contribution in [-0.2, 0) is 42.7 Å². The van der Waals surface area contributed by atoms with Crippen LogP contribution in [0.5, 0.6) is 17.2 Å². The Morgan fingerprint density at radius 2 is 1.33 bits per heavy atom. The number of carbonyl (C=O) groups excluding carboxylic acids is 3. The molecule has 0 amide bonds. The molecule has 308 valence electrons. The van der Waals surface area contributed by atoms with Crippen LogP contribution in [0, 0.1) is 11.8 Å². The summed E-state index contributed by atoms with van der Waals surface area (Å²) in [4.78, 5) is 39.5. The van der Waals surface area contributed by atoms with Gasteiger partial charge in [0, 0.05) is 19.3 Å². The Hall–Kier alpha value is -3.87. The summed E-state index contributed by atoms with van der Waals surface area (Å²) in [5.74, 6) is -5.51.